The molecular weight excluding hydrogens is 264 g/mol. The van der Waals surface area contributed by atoms with Gasteiger partial charge in [-0.25, -0.2) is 0 Å². The third kappa shape index (κ3) is 1.88. The van der Waals surface area contributed by atoms with Crippen molar-refractivity contribution in [2.75, 3.05) is 5.75 Å². The van der Waals surface area contributed by atoms with Gasteiger partial charge in [-0.05, 0) is 54.8 Å². The van der Waals surface area contributed by atoms with Gasteiger partial charge in [-0.15, -0.1) is 0 Å². The van der Waals surface area contributed by atoms with E-state index in [1.807, 2.05) is 11.8 Å². The van der Waals surface area contributed by atoms with Gasteiger partial charge < -0.3 is 5.32 Å². The second-order valence-electron chi connectivity index (χ2n) is 8.50. The fraction of sp³-hybridized carbons (Fsp3) is 0.941. The van der Waals surface area contributed by atoms with Crippen molar-refractivity contribution in [3.63, 3.8) is 0 Å². The molecule has 0 aromatic carbocycles. The minimum Gasteiger partial charge on any atom is -0.362 e. The Kier molecular flexibility index (Phi) is 2.97. The third-order valence-corrected chi connectivity index (χ3v) is 7.93. The van der Waals surface area contributed by atoms with E-state index >= 15 is 0 Å². The molecule has 3 saturated carbocycles. The molecule has 5 atom stereocenters. The average molecular weight is 292 g/mol. The van der Waals surface area contributed by atoms with E-state index in [0.717, 1.165) is 17.9 Å². The first-order valence-electron chi connectivity index (χ1n) is 8.46. The summed E-state index contributed by atoms with van der Waals surface area (Å²) in [6.07, 6.45) is 8.41. The van der Waals surface area contributed by atoms with Crippen molar-refractivity contribution in [2.24, 2.45) is 27.7 Å². The number of thioether (sulfide) groups is 1. The lowest BCUT2D eigenvalue weighted by Gasteiger charge is -2.41. The van der Waals surface area contributed by atoms with Gasteiger partial charge in [0.1, 0.15) is 0 Å². The van der Waals surface area contributed by atoms with E-state index in [1.165, 1.54) is 49.4 Å². The summed E-state index contributed by atoms with van der Waals surface area (Å²) in [6.45, 7) is 7.41. The molecule has 1 heterocycles. The minimum absolute atomic E-state index is 0.398. The van der Waals surface area contributed by atoms with E-state index < -0.39 is 0 Å². The normalized spacial score (nSPS) is 51.2. The standard InChI is InChI=1S/C17H28N2S/c1-16(2)12-7-8-17(3,9-12)14(16)19-15-18-13-6-4-5-11(13)10-20-15/h11-14H,4-10H2,1-3H3,(H,18,19). The number of nitrogens with one attached hydrogen (secondary N) is 1. The first-order chi connectivity index (χ1) is 9.49. The fourth-order valence-corrected chi connectivity index (χ4v) is 6.79. The zero-order valence-electron chi connectivity index (χ0n) is 13.1. The molecule has 0 aromatic rings. The van der Waals surface area contributed by atoms with Crippen molar-refractivity contribution < 1.29 is 0 Å². The molecule has 1 saturated heterocycles. The lowest BCUT2D eigenvalue weighted by molar-refractivity contribution is 0.142. The molecule has 4 rings (SSSR count). The third-order valence-electron chi connectivity index (χ3n) is 6.84. The highest BCUT2D eigenvalue weighted by Gasteiger charge is 2.59. The van der Waals surface area contributed by atoms with Crippen molar-refractivity contribution in [1.82, 2.24) is 5.32 Å². The highest BCUT2D eigenvalue weighted by molar-refractivity contribution is 8.13. The molecule has 0 aromatic heterocycles. The van der Waals surface area contributed by atoms with Crippen LogP contribution in [0.15, 0.2) is 4.99 Å². The maximum Gasteiger partial charge on any atom is 0.157 e. The average Bonchev–Trinajstić information content (AvgIpc) is 3.05. The smallest absolute Gasteiger partial charge is 0.157 e. The van der Waals surface area contributed by atoms with Crippen LogP contribution in [-0.4, -0.2) is 23.0 Å². The molecule has 1 aliphatic heterocycles. The molecule has 0 radical (unpaired) electrons. The Balaban J connectivity index is 1.57. The number of fused-ring (bicyclic) bond motifs is 3. The van der Waals surface area contributed by atoms with E-state index in [1.54, 1.807) is 0 Å². The topological polar surface area (TPSA) is 24.4 Å². The second-order valence-corrected chi connectivity index (χ2v) is 9.51. The van der Waals surface area contributed by atoms with Crippen LogP contribution < -0.4 is 5.32 Å². The molecule has 2 bridgehead atoms. The maximum absolute atomic E-state index is 5.27. The van der Waals surface area contributed by atoms with Crippen LogP contribution in [0.4, 0.5) is 0 Å². The van der Waals surface area contributed by atoms with Gasteiger partial charge in [0.25, 0.3) is 0 Å². The van der Waals surface area contributed by atoms with Crippen LogP contribution in [0.1, 0.15) is 59.3 Å². The summed E-state index contributed by atoms with van der Waals surface area (Å²) in [7, 11) is 0. The van der Waals surface area contributed by atoms with Gasteiger partial charge in [0, 0.05) is 11.8 Å². The molecule has 3 aliphatic carbocycles. The molecule has 3 heteroatoms. The molecule has 4 aliphatic rings. The van der Waals surface area contributed by atoms with Crippen molar-refractivity contribution >= 4 is 16.9 Å². The van der Waals surface area contributed by atoms with Gasteiger partial charge in [0.2, 0.25) is 0 Å². The van der Waals surface area contributed by atoms with Gasteiger partial charge in [-0.1, -0.05) is 39.0 Å². The van der Waals surface area contributed by atoms with Crippen LogP contribution in [0.2, 0.25) is 0 Å². The molecule has 0 amide bonds. The van der Waals surface area contributed by atoms with Crippen LogP contribution >= 0.6 is 11.8 Å². The Labute approximate surface area is 127 Å². The van der Waals surface area contributed by atoms with Crippen LogP contribution in [0.5, 0.6) is 0 Å². The van der Waals surface area contributed by atoms with E-state index in [2.05, 4.69) is 26.1 Å². The first kappa shape index (κ1) is 13.5. The molecule has 0 spiro atoms. The zero-order valence-corrected chi connectivity index (χ0v) is 13.9. The lowest BCUT2D eigenvalue weighted by Crippen LogP contribution is -2.45. The number of amidine groups is 1. The van der Waals surface area contributed by atoms with Crippen LogP contribution in [0.3, 0.4) is 0 Å². The summed E-state index contributed by atoms with van der Waals surface area (Å²) in [5.74, 6) is 3.10. The summed E-state index contributed by atoms with van der Waals surface area (Å²) < 4.78 is 0. The summed E-state index contributed by atoms with van der Waals surface area (Å²) >= 11 is 1.99. The fourth-order valence-electron chi connectivity index (χ4n) is 5.60. The van der Waals surface area contributed by atoms with E-state index in [-0.39, 0.29) is 0 Å². The molecule has 5 unspecified atom stereocenters. The van der Waals surface area contributed by atoms with Crippen LogP contribution in [-0.2, 0) is 0 Å². The largest absolute Gasteiger partial charge is 0.362 e. The van der Waals surface area contributed by atoms with Gasteiger partial charge in [0.15, 0.2) is 5.17 Å². The van der Waals surface area contributed by atoms with Crippen LogP contribution in [0, 0.1) is 22.7 Å². The summed E-state index contributed by atoms with van der Waals surface area (Å²) in [6, 6.07) is 1.26. The zero-order chi connectivity index (χ0) is 14.0. The maximum atomic E-state index is 5.27. The Hall–Kier alpha value is -0.180. The van der Waals surface area contributed by atoms with Crippen LogP contribution in [0.25, 0.3) is 0 Å². The summed E-state index contributed by atoms with van der Waals surface area (Å²) in [5.41, 5.74) is 0.866. The van der Waals surface area contributed by atoms with E-state index in [0.29, 0.717) is 16.9 Å². The summed E-state index contributed by atoms with van der Waals surface area (Å²) in [4.78, 5) is 5.27. The number of aliphatic imine (C=N–C) groups is 1. The van der Waals surface area contributed by atoms with Crippen molar-refractivity contribution in [1.29, 1.82) is 0 Å². The SMILES string of the molecule is CC12CCC(C1)C(C)(C)C2N=C1NC2CCCC2CS1. The van der Waals surface area contributed by atoms with Gasteiger partial charge in [-0.3, -0.25) is 4.99 Å². The van der Waals surface area contributed by atoms with E-state index in [4.69, 9.17) is 4.99 Å². The van der Waals surface area contributed by atoms with E-state index in [9.17, 15) is 0 Å². The number of hydrogen-bond acceptors (Lipinski definition) is 2. The van der Waals surface area contributed by atoms with Crippen molar-refractivity contribution in [3.05, 3.63) is 0 Å². The van der Waals surface area contributed by atoms with Crippen molar-refractivity contribution in [3.8, 4) is 0 Å². The second kappa shape index (κ2) is 4.41. The summed E-state index contributed by atoms with van der Waals surface area (Å²) in [5, 5.41) is 5.03. The minimum atomic E-state index is 0.398. The quantitative estimate of drug-likeness (QED) is 0.788. The Morgan fingerprint density at radius 3 is 2.80 bits per heavy atom. The Bertz CT molecular complexity index is 440. The van der Waals surface area contributed by atoms with Gasteiger partial charge in [0.05, 0.1) is 6.04 Å². The predicted molar refractivity (Wildman–Crippen MR) is 87.2 cm³/mol. The number of nitrogens with zero attached hydrogens (tertiary/aromatic N) is 1. The van der Waals surface area contributed by atoms with Gasteiger partial charge in [-0.2, -0.15) is 0 Å². The monoisotopic (exact) mass is 292 g/mol. The molecular formula is C17H28N2S. The Morgan fingerprint density at radius 2 is 2.05 bits per heavy atom. The number of hydrogen-bond donors (Lipinski definition) is 1. The molecule has 4 fully saturated rings. The predicted octanol–water partition coefficient (Wildman–Crippen LogP) is 4.06. The molecule has 20 heavy (non-hydrogen) atoms. The number of rotatable bonds is 1. The van der Waals surface area contributed by atoms with Crippen molar-refractivity contribution in [2.45, 2.75) is 71.4 Å². The highest BCUT2D eigenvalue weighted by atomic mass is 32.2. The molecule has 1 N–H and O–H groups in total. The molecule has 112 valence electrons. The Morgan fingerprint density at radius 1 is 1.20 bits per heavy atom. The lowest BCUT2D eigenvalue weighted by atomic mass is 9.69. The van der Waals surface area contributed by atoms with Gasteiger partial charge >= 0.3 is 0 Å². The first-order valence-corrected chi connectivity index (χ1v) is 9.45. The molecule has 2 nitrogen and oxygen atoms in total. The highest BCUT2D eigenvalue weighted by Crippen LogP contribution is 2.63.